The first-order valence-corrected chi connectivity index (χ1v) is 6.59. The van der Waals surface area contributed by atoms with Crippen molar-refractivity contribution in [2.45, 2.75) is 19.4 Å². The molecule has 0 saturated carbocycles. The number of aromatic nitrogens is 2. The summed E-state index contributed by atoms with van der Waals surface area (Å²) in [5.74, 6) is -0.238. The summed E-state index contributed by atoms with van der Waals surface area (Å²) in [6.45, 7) is 0.837. The van der Waals surface area contributed by atoms with Gasteiger partial charge in [-0.15, -0.1) is 0 Å². The van der Waals surface area contributed by atoms with Gasteiger partial charge in [0.1, 0.15) is 5.76 Å². The van der Waals surface area contributed by atoms with Gasteiger partial charge in [-0.05, 0) is 24.6 Å². The van der Waals surface area contributed by atoms with Crippen LogP contribution in [0.4, 0.5) is 0 Å². The number of amides is 1. The van der Waals surface area contributed by atoms with Crippen molar-refractivity contribution in [3.63, 3.8) is 0 Å². The molecule has 0 aliphatic carbocycles. The summed E-state index contributed by atoms with van der Waals surface area (Å²) in [5, 5.41) is 12.6. The van der Waals surface area contributed by atoms with Crippen LogP contribution in [0.2, 0.25) is 0 Å². The van der Waals surface area contributed by atoms with Crippen molar-refractivity contribution >= 4 is 11.9 Å². The Hall–Kier alpha value is -2.57. The molecule has 1 amide bonds. The summed E-state index contributed by atoms with van der Waals surface area (Å²) in [5.41, 5.74) is 0. The van der Waals surface area contributed by atoms with E-state index in [-0.39, 0.29) is 18.1 Å². The van der Waals surface area contributed by atoms with E-state index < -0.39 is 5.97 Å². The Morgan fingerprint density at radius 3 is 2.90 bits per heavy atom. The minimum atomic E-state index is -0.865. The maximum Gasteiger partial charge on any atom is 0.303 e. The van der Waals surface area contributed by atoms with E-state index in [9.17, 15) is 9.59 Å². The van der Waals surface area contributed by atoms with E-state index in [0.717, 1.165) is 0 Å². The summed E-state index contributed by atoms with van der Waals surface area (Å²) < 4.78 is 7.20. The average molecular weight is 291 g/mol. The molecule has 0 aliphatic rings. The fourth-order valence-electron chi connectivity index (χ4n) is 1.89. The van der Waals surface area contributed by atoms with Crippen LogP contribution in [0.15, 0.2) is 35.0 Å². The van der Waals surface area contributed by atoms with Crippen molar-refractivity contribution in [1.82, 2.24) is 14.7 Å². The summed E-state index contributed by atoms with van der Waals surface area (Å²) >= 11 is 0. The molecule has 21 heavy (non-hydrogen) atoms. The quantitative estimate of drug-likeness (QED) is 0.834. The Morgan fingerprint density at radius 2 is 2.24 bits per heavy atom. The summed E-state index contributed by atoms with van der Waals surface area (Å²) in [4.78, 5) is 24.0. The van der Waals surface area contributed by atoms with Gasteiger partial charge in [0.15, 0.2) is 5.76 Å². The Morgan fingerprint density at radius 1 is 1.43 bits per heavy atom. The Kier molecular flexibility index (Phi) is 4.76. The summed E-state index contributed by atoms with van der Waals surface area (Å²) in [6, 6.07) is 5.17. The molecule has 0 atom stereocenters. The molecule has 0 aliphatic heterocycles. The van der Waals surface area contributed by atoms with Gasteiger partial charge in [0.25, 0.3) is 5.91 Å². The highest BCUT2D eigenvalue weighted by atomic mass is 16.4. The van der Waals surface area contributed by atoms with Gasteiger partial charge < -0.3 is 14.4 Å². The average Bonchev–Trinajstić information content (AvgIpc) is 3.09. The van der Waals surface area contributed by atoms with Gasteiger partial charge >= 0.3 is 5.97 Å². The van der Waals surface area contributed by atoms with Crippen LogP contribution in [0, 0.1) is 0 Å². The van der Waals surface area contributed by atoms with Crippen LogP contribution in [0.5, 0.6) is 0 Å². The highest BCUT2D eigenvalue weighted by Crippen LogP contribution is 2.11. The number of rotatable bonds is 7. The topological polar surface area (TPSA) is 88.6 Å². The number of furan rings is 1. The fraction of sp³-hybridized carbons (Fsp3) is 0.357. The first kappa shape index (κ1) is 14.8. The zero-order valence-corrected chi connectivity index (χ0v) is 11.7. The van der Waals surface area contributed by atoms with Crippen LogP contribution in [0.25, 0.3) is 0 Å². The maximum atomic E-state index is 12.1. The molecule has 7 nitrogen and oxygen atoms in total. The zero-order chi connectivity index (χ0) is 15.2. The van der Waals surface area contributed by atoms with Gasteiger partial charge in [0.2, 0.25) is 0 Å². The van der Waals surface area contributed by atoms with Crippen molar-refractivity contribution in [2.24, 2.45) is 0 Å². The highest BCUT2D eigenvalue weighted by molar-refractivity contribution is 5.91. The number of hydrogen-bond donors (Lipinski definition) is 1. The predicted molar refractivity (Wildman–Crippen MR) is 73.9 cm³/mol. The largest absolute Gasteiger partial charge is 0.481 e. The molecule has 2 aromatic rings. The molecular formula is C14H17N3O4. The lowest BCUT2D eigenvalue weighted by Crippen LogP contribution is -2.27. The lowest BCUT2D eigenvalue weighted by molar-refractivity contribution is -0.137. The Labute approximate surface area is 121 Å². The van der Waals surface area contributed by atoms with Crippen molar-refractivity contribution in [1.29, 1.82) is 0 Å². The Bertz CT molecular complexity index is 604. The number of carbonyl (C=O) groups is 2. The smallest absolute Gasteiger partial charge is 0.303 e. The third kappa shape index (κ3) is 4.20. The van der Waals surface area contributed by atoms with E-state index in [1.165, 1.54) is 4.90 Å². The van der Waals surface area contributed by atoms with E-state index in [1.807, 2.05) is 12.3 Å². The minimum Gasteiger partial charge on any atom is -0.481 e. The number of nitrogens with zero attached hydrogens (tertiary/aromatic N) is 3. The van der Waals surface area contributed by atoms with Gasteiger partial charge in [-0.1, -0.05) is 0 Å². The second-order valence-corrected chi connectivity index (χ2v) is 4.69. The molecule has 0 bridgehead atoms. The Balaban J connectivity index is 1.90. The van der Waals surface area contributed by atoms with Crippen LogP contribution in [-0.4, -0.2) is 45.3 Å². The monoisotopic (exact) mass is 291 g/mol. The molecule has 0 fully saturated rings. The lowest BCUT2D eigenvalue weighted by atomic mass is 10.3. The van der Waals surface area contributed by atoms with E-state index in [0.29, 0.717) is 25.3 Å². The van der Waals surface area contributed by atoms with Crippen LogP contribution in [-0.2, 0) is 11.3 Å². The fourth-order valence-corrected chi connectivity index (χ4v) is 1.89. The number of carboxylic acids is 1. The van der Waals surface area contributed by atoms with Crippen LogP contribution in [0.1, 0.15) is 29.2 Å². The van der Waals surface area contributed by atoms with E-state index in [1.54, 1.807) is 30.1 Å². The second kappa shape index (κ2) is 6.74. The second-order valence-electron chi connectivity index (χ2n) is 4.69. The van der Waals surface area contributed by atoms with Crippen LogP contribution in [0.3, 0.4) is 0 Å². The van der Waals surface area contributed by atoms with Crippen molar-refractivity contribution in [3.8, 4) is 0 Å². The molecule has 2 rings (SSSR count). The molecular weight excluding hydrogens is 274 g/mol. The number of hydrogen-bond acceptors (Lipinski definition) is 4. The van der Waals surface area contributed by atoms with Crippen molar-refractivity contribution < 1.29 is 19.1 Å². The summed E-state index contributed by atoms with van der Waals surface area (Å²) in [7, 11) is 1.62. The van der Waals surface area contributed by atoms with Gasteiger partial charge in [0, 0.05) is 32.4 Å². The van der Waals surface area contributed by atoms with Crippen molar-refractivity contribution in [3.05, 3.63) is 42.1 Å². The zero-order valence-electron chi connectivity index (χ0n) is 11.7. The molecule has 0 spiro atoms. The molecule has 2 aromatic heterocycles. The molecule has 0 radical (unpaired) electrons. The lowest BCUT2D eigenvalue weighted by Gasteiger charge is -2.14. The standard InChI is InChI=1S/C14H17N3O4/c1-16(8-2-4-13(18)19)14(20)12-6-5-11(21-12)10-17-9-3-7-15-17/h3,5-7,9H,2,4,8,10H2,1H3,(H,18,19). The third-order valence-electron chi connectivity index (χ3n) is 2.98. The summed E-state index contributed by atoms with van der Waals surface area (Å²) in [6.07, 6.45) is 3.94. The minimum absolute atomic E-state index is 0.0420. The first-order valence-electron chi connectivity index (χ1n) is 6.59. The van der Waals surface area contributed by atoms with Gasteiger partial charge in [-0.2, -0.15) is 5.10 Å². The van der Waals surface area contributed by atoms with Crippen LogP contribution < -0.4 is 0 Å². The molecule has 2 heterocycles. The first-order chi connectivity index (χ1) is 10.1. The molecule has 0 saturated heterocycles. The normalized spacial score (nSPS) is 10.5. The highest BCUT2D eigenvalue weighted by Gasteiger charge is 2.16. The number of carboxylic acid groups (broad SMARTS) is 1. The van der Waals surface area contributed by atoms with E-state index >= 15 is 0 Å². The molecule has 1 N–H and O–H groups in total. The molecule has 7 heteroatoms. The maximum absolute atomic E-state index is 12.1. The van der Waals surface area contributed by atoms with Crippen molar-refractivity contribution in [2.75, 3.05) is 13.6 Å². The SMILES string of the molecule is CN(CCCC(=O)O)C(=O)c1ccc(Cn2cccn2)o1. The third-order valence-corrected chi connectivity index (χ3v) is 2.98. The molecule has 112 valence electrons. The van der Waals surface area contributed by atoms with Gasteiger partial charge in [0.05, 0.1) is 6.54 Å². The predicted octanol–water partition coefficient (Wildman–Crippen LogP) is 1.46. The van der Waals surface area contributed by atoms with E-state index in [4.69, 9.17) is 9.52 Å². The van der Waals surface area contributed by atoms with E-state index in [2.05, 4.69) is 5.10 Å². The van der Waals surface area contributed by atoms with Gasteiger partial charge in [-0.3, -0.25) is 14.3 Å². The van der Waals surface area contributed by atoms with Crippen LogP contribution >= 0.6 is 0 Å². The molecule has 0 aromatic carbocycles. The number of carbonyl (C=O) groups excluding carboxylic acids is 1. The molecule has 0 unspecified atom stereocenters. The van der Waals surface area contributed by atoms with Gasteiger partial charge in [-0.25, -0.2) is 0 Å². The number of aliphatic carboxylic acids is 1.